The molecule has 8 heteroatoms. The van der Waals surface area contributed by atoms with E-state index in [4.69, 9.17) is 4.42 Å². The molecule has 102 valence electrons. The first-order chi connectivity index (χ1) is 8.79. The normalized spacial score (nSPS) is 12.4. The second-order valence-electron chi connectivity index (χ2n) is 4.29. The fourth-order valence-electron chi connectivity index (χ4n) is 1.43. The van der Waals surface area contributed by atoms with Gasteiger partial charge in [0.25, 0.3) is 0 Å². The van der Waals surface area contributed by atoms with Crippen LogP contribution in [0.5, 0.6) is 0 Å². The van der Waals surface area contributed by atoms with Gasteiger partial charge in [0, 0.05) is 33.2 Å². The van der Waals surface area contributed by atoms with E-state index in [-0.39, 0.29) is 5.09 Å². The van der Waals surface area contributed by atoms with Crippen molar-refractivity contribution in [1.82, 2.24) is 4.90 Å². The van der Waals surface area contributed by atoms with Crippen LogP contribution in [-0.4, -0.2) is 33.8 Å². The van der Waals surface area contributed by atoms with Crippen LogP contribution in [-0.2, 0) is 10.0 Å². The molecule has 19 heavy (non-hydrogen) atoms. The standard InChI is InChI=1S/C11H13N3O4S/c1-8-4-10-9(6-14(8)15)5-11(18-10)19(16,17)12-7-13(2)3/h4-7H,1-3H3. The van der Waals surface area contributed by atoms with Gasteiger partial charge in [0.15, 0.2) is 11.9 Å². The Bertz CT molecular complexity index is 708. The van der Waals surface area contributed by atoms with Gasteiger partial charge in [0.2, 0.25) is 5.09 Å². The van der Waals surface area contributed by atoms with Gasteiger partial charge in [0.05, 0.1) is 5.39 Å². The van der Waals surface area contributed by atoms with E-state index in [0.29, 0.717) is 21.4 Å². The number of furan rings is 1. The van der Waals surface area contributed by atoms with Crippen molar-refractivity contribution < 1.29 is 17.6 Å². The number of aromatic nitrogens is 1. The predicted octanol–water partition coefficient (Wildman–Crippen LogP) is 0.653. The maximum atomic E-state index is 11.9. The molecule has 7 nitrogen and oxygen atoms in total. The van der Waals surface area contributed by atoms with Gasteiger partial charge in [0.1, 0.15) is 11.9 Å². The van der Waals surface area contributed by atoms with Gasteiger partial charge in [-0.25, -0.2) is 0 Å². The van der Waals surface area contributed by atoms with Crippen molar-refractivity contribution in [3.05, 3.63) is 29.2 Å². The molecule has 0 saturated carbocycles. The molecule has 0 N–H and O–H groups in total. The Morgan fingerprint density at radius 2 is 2.11 bits per heavy atom. The molecule has 0 atom stereocenters. The molecule has 2 aromatic rings. The van der Waals surface area contributed by atoms with Crippen LogP contribution in [0.25, 0.3) is 11.0 Å². The third kappa shape index (κ3) is 2.68. The number of rotatable bonds is 3. The van der Waals surface area contributed by atoms with E-state index in [9.17, 15) is 13.6 Å². The lowest BCUT2D eigenvalue weighted by atomic mass is 10.3. The van der Waals surface area contributed by atoms with Crippen LogP contribution < -0.4 is 4.73 Å². The number of pyridine rings is 1. The Balaban J connectivity index is 2.52. The van der Waals surface area contributed by atoms with Crippen LogP contribution >= 0.6 is 0 Å². The maximum Gasteiger partial charge on any atom is 0.317 e. The van der Waals surface area contributed by atoms with E-state index in [2.05, 4.69) is 4.40 Å². The summed E-state index contributed by atoms with van der Waals surface area (Å²) in [5.41, 5.74) is 0.755. The first-order valence-corrected chi connectivity index (χ1v) is 6.84. The molecule has 0 spiro atoms. The fraction of sp³-hybridized carbons (Fsp3) is 0.273. The average Bonchev–Trinajstić information content (AvgIpc) is 2.71. The summed E-state index contributed by atoms with van der Waals surface area (Å²) in [6.45, 7) is 1.60. The van der Waals surface area contributed by atoms with Crippen LogP contribution in [0.3, 0.4) is 0 Å². The zero-order chi connectivity index (χ0) is 14.2. The quantitative estimate of drug-likeness (QED) is 0.357. The highest BCUT2D eigenvalue weighted by atomic mass is 32.2. The Morgan fingerprint density at radius 1 is 1.42 bits per heavy atom. The number of sulfonamides is 1. The largest absolute Gasteiger partial charge is 0.618 e. The average molecular weight is 283 g/mol. The van der Waals surface area contributed by atoms with Crippen LogP contribution in [0.2, 0.25) is 0 Å². The highest BCUT2D eigenvalue weighted by molar-refractivity contribution is 7.90. The maximum absolute atomic E-state index is 11.9. The molecule has 0 aliphatic carbocycles. The molecule has 0 saturated heterocycles. The SMILES string of the molecule is Cc1cc2oc(S(=O)(=O)N=CN(C)C)cc2c[n+]1[O-]. The number of fused-ring (bicyclic) bond motifs is 1. The summed E-state index contributed by atoms with van der Waals surface area (Å²) in [7, 11) is -0.585. The molecular formula is C11H13N3O4S. The third-order valence-electron chi connectivity index (χ3n) is 2.38. The minimum atomic E-state index is -3.89. The Kier molecular flexibility index (Phi) is 3.19. The molecule has 0 fully saturated rings. The van der Waals surface area contributed by atoms with Crippen molar-refractivity contribution in [2.24, 2.45) is 4.40 Å². The van der Waals surface area contributed by atoms with Crippen LogP contribution in [0.1, 0.15) is 5.69 Å². The van der Waals surface area contributed by atoms with E-state index >= 15 is 0 Å². The van der Waals surface area contributed by atoms with Gasteiger partial charge in [-0.15, -0.1) is 4.40 Å². The summed E-state index contributed by atoms with van der Waals surface area (Å²) < 4.78 is 33.1. The first-order valence-electron chi connectivity index (χ1n) is 5.40. The molecule has 0 radical (unpaired) electrons. The summed E-state index contributed by atoms with van der Waals surface area (Å²) in [5, 5.41) is 11.5. The minimum Gasteiger partial charge on any atom is -0.618 e. The molecule has 2 aromatic heterocycles. The second-order valence-corrected chi connectivity index (χ2v) is 5.85. The Morgan fingerprint density at radius 3 is 2.74 bits per heavy atom. The zero-order valence-corrected chi connectivity index (χ0v) is 11.5. The zero-order valence-electron chi connectivity index (χ0n) is 10.7. The van der Waals surface area contributed by atoms with Gasteiger partial charge < -0.3 is 14.5 Å². The molecule has 2 heterocycles. The third-order valence-corrected chi connectivity index (χ3v) is 3.46. The van der Waals surface area contributed by atoms with Crippen LogP contribution in [0.15, 0.2) is 32.2 Å². The lowest BCUT2D eigenvalue weighted by Gasteiger charge is -2.01. The molecular weight excluding hydrogens is 270 g/mol. The number of hydrogen-bond donors (Lipinski definition) is 0. The molecule has 0 aromatic carbocycles. The van der Waals surface area contributed by atoms with E-state index in [1.165, 1.54) is 29.6 Å². The van der Waals surface area contributed by atoms with Crippen molar-refractivity contribution >= 4 is 27.3 Å². The lowest BCUT2D eigenvalue weighted by molar-refractivity contribution is -0.610. The van der Waals surface area contributed by atoms with Crippen molar-refractivity contribution in [1.29, 1.82) is 0 Å². The molecule has 0 aliphatic rings. The molecule has 0 unspecified atom stereocenters. The van der Waals surface area contributed by atoms with Gasteiger partial charge >= 0.3 is 10.0 Å². The van der Waals surface area contributed by atoms with Crippen molar-refractivity contribution in [2.75, 3.05) is 14.1 Å². The lowest BCUT2D eigenvalue weighted by Crippen LogP contribution is -2.28. The molecule has 2 rings (SSSR count). The summed E-state index contributed by atoms with van der Waals surface area (Å²) in [6.07, 6.45) is 2.43. The van der Waals surface area contributed by atoms with Gasteiger partial charge in [-0.2, -0.15) is 13.1 Å². The Hall–Kier alpha value is -2.09. The summed E-state index contributed by atoms with van der Waals surface area (Å²) >= 11 is 0. The van der Waals surface area contributed by atoms with Crippen LogP contribution in [0.4, 0.5) is 0 Å². The molecule has 0 aliphatic heterocycles. The summed E-state index contributed by atoms with van der Waals surface area (Å²) in [6, 6.07) is 2.77. The highest BCUT2D eigenvalue weighted by Crippen LogP contribution is 2.23. The smallest absolute Gasteiger partial charge is 0.317 e. The number of nitrogens with zero attached hydrogens (tertiary/aromatic N) is 3. The van der Waals surface area contributed by atoms with E-state index < -0.39 is 10.0 Å². The van der Waals surface area contributed by atoms with E-state index in [0.717, 1.165) is 0 Å². The minimum absolute atomic E-state index is 0.286. The van der Waals surface area contributed by atoms with E-state index in [1.54, 1.807) is 21.0 Å². The first kappa shape index (κ1) is 13.3. The van der Waals surface area contributed by atoms with Crippen molar-refractivity contribution in [3.8, 4) is 0 Å². The summed E-state index contributed by atoms with van der Waals surface area (Å²) in [4.78, 5) is 1.50. The predicted molar refractivity (Wildman–Crippen MR) is 69.3 cm³/mol. The monoisotopic (exact) mass is 283 g/mol. The van der Waals surface area contributed by atoms with Crippen molar-refractivity contribution in [3.63, 3.8) is 0 Å². The van der Waals surface area contributed by atoms with Crippen LogP contribution in [0, 0.1) is 12.1 Å². The summed E-state index contributed by atoms with van der Waals surface area (Å²) in [5.74, 6) is 0. The van der Waals surface area contributed by atoms with E-state index in [1.807, 2.05) is 0 Å². The van der Waals surface area contributed by atoms with Gasteiger partial charge in [-0.3, -0.25) is 0 Å². The van der Waals surface area contributed by atoms with Gasteiger partial charge in [-0.1, -0.05) is 0 Å². The topological polar surface area (TPSA) is 89.8 Å². The second kappa shape index (κ2) is 4.54. The van der Waals surface area contributed by atoms with Crippen molar-refractivity contribution in [2.45, 2.75) is 12.0 Å². The Labute approximate surface area is 110 Å². The number of aryl methyl sites for hydroxylation is 1. The van der Waals surface area contributed by atoms with Gasteiger partial charge in [-0.05, 0) is 0 Å². The number of hydrogen-bond acceptors (Lipinski definition) is 4. The highest BCUT2D eigenvalue weighted by Gasteiger charge is 2.20. The molecule has 0 amide bonds. The molecule has 0 bridgehead atoms. The fourth-order valence-corrected chi connectivity index (χ4v) is 2.31.